The smallest absolute Gasteiger partial charge is 0.332 e. The molecule has 9 heteroatoms. The third-order valence-electron chi connectivity index (χ3n) is 6.01. The van der Waals surface area contributed by atoms with Crippen molar-refractivity contribution in [1.82, 2.24) is 15.1 Å². The van der Waals surface area contributed by atoms with Gasteiger partial charge in [0.1, 0.15) is 5.54 Å². The zero-order chi connectivity index (χ0) is 16.9. The Hall–Kier alpha value is -0.830. The van der Waals surface area contributed by atoms with Crippen LogP contribution in [0.5, 0.6) is 0 Å². The molecule has 0 aromatic heterocycles. The molecule has 4 heterocycles. The van der Waals surface area contributed by atoms with Gasteiger partial charge >= 0.3 is 5.91 Å². The summed E-state index contributed by atoms with van der Waals surface area (Å²) < 4.78 is 0. The summed E-state index contributed by atoms with van der Waals surface area (Å²) in [5.74, 6) is 0.493. The van der Waals surface area contributed by atoms with Crippen molar-refractivity contribution in [3.8, 4) is 0 Å². The average molecular weight is 389 g/mol. The van der Waals surface area contributed by atoms with Crippen LogP contribution in [0.4, 0.5) is 0 Å². The Morgan fingerprint density at radius 1 is 1.24 bits per heavy atom. The first kappa shape index (κ1) is 18.9. The lowest BCUT2D eigenvalue weighted by molar-refractivity contribution is -0.310. The molecule has 0 saturated carbocycles. The lowest BCUT2D eigenvalue weighted by Crippen LogP contribution is -3.00. The van der Waals surface area contributed by atoms with E-state index < -0.39 is 11.6 Å². The summed E-state index contributed by atoms with van der Waals surface area (Å²) >= 11 is 1.67. The molecule has 4 N–H and O–H groups in total. The number of halogens is 1. The molecule has 3 amide bonds. The average Bonchev–Trinajstić information content (AvgIpc) is 3.29. The Bertz CT molecular complexity index is 586. The first-order valence-electron chi connectivity index (χ1n) is 8.90. The number of piperidine rings is 1. The normalized spacial score (nSPS) is 37.3. The Morgan fingerprint density at radius 3 is 2.72 bits per heavy atom. The molecule has 25 heavy (non-hydrogen) atoms. The van der Waals surface area contributed by atoms with Crippen LogP contribution in [0, 0.1) is 0 Å². The van der Waals surface area contributed by atoms with Gasteiger partial charge in [-0.2, -0.15) is 0 Å². The third kappa shape index (κ3) is 2.87. The number of nitrogens with one attached hydrogen (secondary N) is 1. The van der Waals surface area contributed by atoms with Gasteiger partial charge in [-0.3, -0.25) is 15.3 Å². The maximum Gasteiger partial charge on any atom is 0.332 e. The highest BCUT2D eigenvalue weighted by molar-refractivity contribution is 8.00. The monoisotopic (exact) mass is 388 g/mol. The van der Waals surface area contributed by atoms with Crippen molar-refractivity contribution in [1.29, 1.82) is 0 Å². The van der Waals surface area contributed by atoms with Gasteiger partial charge in [-0.25, -0.2) is 4.79 Å². The van der Waals surface area contributed by atoms with Crippen LogP contribution in [0.1, 0.15) is 38.5 Å². The summed E-state index contributed by atoms with van der Waals surface area (Å²) in [4.78, 5) is 41.8. The molecule has 4 aliphatic heterocycles. The Kier molecular flexibility index (Phi) is 5.35. The lowest BCUT2D eigenvalue weighted by Gasteiger charge is -2.46. The molecule has 0 aromatic rings. The molecule has 4 fully saturated rings. The summed E-state index contributed by atoms with van der Waals surface area (Å²) in [7, 11) is 0. The van der Waals surface area contributed by atoms with Gasteiger partial charge in [0, 0.05) is 12.3 Å². The number of carbonyl (C=O) groups is 3. The highest BCUT2D eigenvalue weighted by Crippen LogP contribution is 2.46. The van der Waals surface area contributed by atoms with Crippen LogP contribution in [-0.2, 0) is 14.4 Å². The number of hydrogen-bond acceptors (Lipinski definition) is 5. The second-order valence-corrected chi connectivity index (χ2v) is 8.51. The van der Waals surface area contributed by atoms with E-state index in [0.29, 0.717) is 12.3 Å². The van der Waals surface area contributed by atoms with E-state index in [0.717, 1.165) is 45.1 Å². The number of thioether (sulfide) groups is 1. The van der Waals surface area contributed by atoms with E-state index >= 15 is 0 Å². The van der Waals surface area contributed by atoms with E-state index in [2.05, 4.69) is 11.1 Å². The molecule has 4 aliphatic rings. The lowest BCUT2D eigenvalue weighted by atomic mass is 9.84. The molecule has 7 nitrogen and oxygen atoms in total. The van der Waals surface area contributed by atoms with Gasteiger partial charge in [0.05, 0.1) is 11.4 Å². The Morgan fingerprint density at radius 2 is 2.04 bits per heavy atom. The number of hydrogen-bond donors (Lipinski definition) is 2. The summed E-state index contributed by atoms with van der Waals surface area (Å²) in [6, 6.07) is -0.574. The van der Waals surface area contributed by atoms with Gasteiger partial charge < -0.3 is 27.5 Å². The maximum absolute atomic E-state index is 13.4. The van der Waals surface area contributed by atoms with Crippen molar-refractivity contribution in [3.05, 3.63) is 0 Å². The zero-order valence-corrected chi connectivity index (χ0v) is 15.8. The van der Waals surface area contributed by atoms with Crippen molar-refractivity contribution >= 4 is 29.5 Å². The van der Waals surface area contributed by atoms with Gasteiger partial charge in [0.15, 0.2) is 6.04 Å². The third-order valence-corrected chi connectivity index (χ3v) is 7.37. The Labute approximate surface area is 157 Å². The molecular weight excluding hydrogens is 364 g/mol. The molecule has 4 rings (SSSR count). The van der Waals surface area contributed by atoms with E-state index in [9.17, 15) is 14.4 Å². The van der Waals surface area contributed by atoms with Crippen LogP contribution < -0.4 is 23.5 Å². The summed E-state index contributed by atoms with van der Waals surface area (Å²) in [6.07, 6.45) is 5.00. The first-order valence-corrected chi connectivity index (χ1v) is 9.94. The van der Waals surface area contributed by atoms with Crippen molar-refractivity contribution in [2.24, 2.45) is 0 Å². The number of amides is 3. The minimum absolute atomic E-state index is 0. The van der Waals surface area contributed by atoms with E-state index in [1.54, 1.807) is 16.7 Å². The fraction of sp³-hybridized carbons (Fsp3) is 0.812. The molecule has 4 atom stereocenters. The molecule has 1 spiro atoms. The minimum Gasteiger partial charge on any atom is -1.00 e. The highest BCUT2D eigenvalue weighted by Gasteiger charge is 2.59. The molecule has 4 saturated heterocycles. The zero-order valence-electron chi connectivity index (χ0n) is 14.2. The predicted octanol–water partition coefficient (Wildman–Crippen LogP) is -4.06. The quantitative estimate of drug-likeness (QED) is 0.501. The molecule has 0 radical (unpaired) electrons. The minimum atomic E-state index is -0.726. The first-order chi connectivity index (χ1) is 11.5. The standard InChI is InChI=1S/C16H24N4O3S.ClH/c17-13(21)11-9-24-12-4-6-16(15(23)20(11)12)5-2-8-19(16)14(22)10-3-1-7-18-10;/h10-12,18H,1-9H2,(H2,17,21);1H/t10-,11+,12+,16+;/m0./s1. The SMILES string of the molecule is [Cl-].[NH3+]C(=O)[C@H]1CS[C@@H]2CC[C@]3(CCCN3C(=O)[C@@H]3CCCN3)C(=O)N12. The number of rotatable bonds is 2. The van der Waals surface area contributed by atoms with Gasteiger partial charge in [0.25, 0.3) is 0 Å². The molecule has 0 aromatic carbocycles. The fourth-order valence-electron chi connectivity index (χ4n) is 4.78. The molecule has 0 bridgehead atoms. The summed E-state index contributed by atoms with van der Waals surface area (Å²) in [6.45, 7) is 1.52. The van der Waals surface area contributed by atoms with Gasteiger partial charge in [-0.05, 0) is 45.1 Å². The largest absolute Gasteiger partial charge is 1.00 e. The fourth-order valence-corrected chi connectivity index (χ4v) is 6.22. The highest BCUT2D eigenvalue weighted by atomic mass is 35.5. The summed E-state index contributed by atoms with van der Waals surface area (Å²) in [5.41, 5.74) is 2.82. The van der Waals surface area contributed by atoms with Crippen molar-refractivity contribution < 1.29 is 32.5 Å². The number of quaternary nitrogens is 1. The van der Waals surface area contributed by atoms with E-state index in [-0.39, 0.29) is 41.5 Å². The van der Waals surface area contributed by atoms with Gasteiger partial charge in [-0.15, -0.1) is 11.8 Å². The number of likely N-dealkylation sites (tertiary alicyclic amines) is 1. The second kappa shape index (κ2) is 7.06. The summed E-state index contributed by atoms with van der Waals surface area (Å²) in [5, 5.41) is 3.33. The topological polar surface area (TPSA) is 97.4 Å². The molecule has 140 valence electrons. The predicted molar refractivity (Wildman–Crippen MR) is 88.7 cm³/mol. The number of fused-ring (bicyclic) bond motifs is 1. The van der Waals surface area contributed by atoms with Crippen LogP contribution in [-0.4, -0.2) is 69.4 Å². The molecular formula is C16H25ClN4O3S. The molecule has 0 unspecified atom stereocenters. The van der Waals surface area contributed by atoms with E-state index in [1.807, 2.05) is 4.90 Å². The van der Waals surface area contributed by atoms with Crippen LogP contribution in [0.3, 0.4) is 0 Å². The van der Waals surface area contributed by atoms with Gasteiger partial charge in [-0.1, -0.05) is 0 Å². The second-order valence-electron chi connectivity index (χ2n) is 7.30. The van der Waals surface area contributed by atoms with Crippen LogP contribution in [0.2, 0.25) is 0 Å². The van der Waals surface area contributed by atoms with Crippen LogP contribution in [0.15, 0.2) is 0 Å². The van der Waals surface area contributed by atoms with Crippen LogP contribution >= 0.6 is 11.8 Å². The van der Waals surface area contributed by atoms with Crippen molar-refractivity contribution in [3.63, 3.8) is 0 Å². The molecule has 0 aliphatic carbocycles. The van der Waals surface area contributed by atoms with Crippen molar-refractivity contribution in [2.75, 3.05) is 18.8 Å². The Balaban J connectivity index is 0.00000182. The van der Waals surface area contributed by atoms with Gasteiger partial charge in [0.2, 0.25) is 11.8 Å². The maximum atomic E-state index is 13.4. The van der Waals surface area contributed by atoms with Crippen molar-refractivity contribution in [2.45, 2.75) is 61.5 Å². The number of nitrogens with zero attached hydrogens (tertiary/aromatic N) is 2. The van der Waals surface area contributed by atoms with E-state index in [1.165, 1.54) is 0 Å². The van der Waals surface area contributed by atoms with Crippen LogP contribution in [0.25, 0.3) is 0 Å². The number of carbonyl (C=O) groups excluding carboxylic acids is 3. The van der Waals surface area contributed by atoms with E-state index in [4.69, 9.17) is 0 Å².